The number of amides is 6. The molecule has 69 heavy (non-hydrogen) atoms. The number of nitrogen functional groups attached to an aromatic ring is 1. The second kappa shape index (κ2) is 18.9. The first-order chi connectivity index (χ1) is 33.6. The van der Waals surface area contributed by atoms with Gasteiger partial charge in [-0.15, -0.1) is 0 Å². The van der Waals surface area contributed by atoms with Crippen LogP contribution >= 0.6 is 0 Å². The molecule has 11 rings (SSSR count). The average Bonchev–Trinajstić information content (AvgIpc) is 3.89. The fourth-order valence-electron chi connectivity index (χ4n) is 11.4. The number of para-hydroxylation sites is 1. The lowest BCUT2D eigenvalue weighted by atomic mass is 9.95. The van der Waals surface area contributed by atoms with Gasteiger partial charge in [-0.2, -0.15) is 5.10 Å². The Balaban J connectivity index is 0.619. The quantitative estimate of drug-likeness (QED) is 0.187. The number of urea groups is 1. The summed E-state index contributed by atoms with van der Waals surface area (Å²) < 4.78 is 8.09. The molecular weight excluding hydrogens is 877 g/mol. The van der Waals surface area contributed by atoms with Crippen LogP contribution in [0.4, 0.5) is 16.3 Å². The maximum atomic E-state index is 13.8. The van der Waals surface area contributed by atoms with E-state index in [-0.39, 0.29) is 24.9 Å². The predicted octanol–water partition coefficient (Wildman–Crippen LogP) is 5.02. The van der Waals surface area contributed by atoms with Crippen molar-refractivity contribution in [2.24, 2.45) is 5.92 Å². The number of rotatable bonds is 9. The Kier molecular flexibility index (Phi) is 12.2. The minimum Gasteiger partial charge on any atom is -0.457 e. The van der Waals surface area contributed by atoms with E-state index in [0.29, 0.717) is 28.9 Å². The van der Waals surface area contributed by atoms with Gasteiger partial charge >= 0.3 is 6.03 Å². The summed E-state index contributed by atoms with van der Waals surface area (Å²) in [5, 5.41) is 8.16. The molecule has 5 saturated heterocycles. The highest BCUT2D eigenvalue weighted by atomic mass is 16.5. The molecule has 6 aliphatic rings. The van der Waals surface area contributed by atoms with Crippen LogP contribution in [0.25, 0.3) is 22.3 Å². The number of piperidine rings is 4. The average molecular weight is 935 g/mol. The molecule has 8 heterocycles. The third kappa shape index (κ3) is 8.86. The third-order valence-corrected chi connectivity index (χ3v) is 15.3. The first-order valence-corrected chi connectivity index (χ1v) is 24.6. The normalized spacial score (nSPS) is 21.6. The van der Waals surface area contributed by atoms with Crippen molar-refractivity contribution < 1.29 is 28.7 Å². The Morgan fingerprint density at radius 3 is 2.10 bits per heavy atom. The molecule has 6 aliphatic heterocycles. The molecule has 3 aromatic carbocycles. The lowest BCUT2D eigenvalue weighted by Gasteiger charge is -2.44. The van der Waals surface area contributed by atoms with Crippen molar-refractivity contribution in [3.8, 4) is 22.8 Å². The van der Waals surface area contributed by atoms with E-state index in [4.69, 9.17) is 15.6 Å². The van der Waals surface area contributed by atoms with Crippen molar-refractivity contribution in [3.05, 3.63) is 90.3 Å². The molecule has 2 aromatic heterocycles. The number of nitrogens with one attached hydrogen (secondary N) is 1. The Morgan fingerprint density at radius 1 is 0.696 bits per heavy atom. The first kappa shape index (κ1) is 44.6. The van der Waals surface area contributed by atoms with Crippen molar-refractivity contribution in [1.82, 2.24) is 49.6 Å². The van der Waals surface area contributed by atoms with E-state index in [1.807, 2.05) is 65.6 Å². The molecule has 5 aromatic rings. The summed E-state index contributed by atoms with van der Waals surface area (Å²) in [5.41, 5.74) is 10.4. The summed E-state index contributed by atoms with van der Waals surface area (Å²) in [7, 11) is 0. The largest absolute Gasteiger partial charge is 0.457 e. The van der Waals surface area contributed by atoms with Crippen molar-refractivity contribution in [2.75, 3.05) is 82.6 Å². The molecule has 3 N–H and O–H groups in total. The highest BCUT2D eigenvalue weighted by Crippen LogP contribution is 2.37. The Hall–Kier alpha value is -6.92. The van der Waals surface area contributed by atoms with Crippen molar-refractivity contribution in [3.63, 3.8) is 0 Å². The van der Waals surface area contributed by atoms with Gasteiger partial charge in [0.1, 0.15) is 35.4 Å². The van der Waals surface area contributed by atoms with Gasteiger partial charge in [-0.05, 0) is 105 Å². The van der Waals surface area contributed by atoms with Crippen LogP contribution < -0.4 is 20.7 Å². The number of piperazine rings is 1. The molecule has 18 nitrogen and oxygen atoms in total. The zero-order valence-corrected chi connectivity index (χ0v) is 38.7. The van der Waals surface area contributed by atoms with Gasteiger partial charge in [0.25, 0.3) is 11.8 Å². The topological polar surface area (TPSA) is 196 Å². The van der Waals surface area contributed by atoms with E-state index in [1.165, 1.54) is 6.33 Å². The van der Waals surface area contributed by atoms with Crippen LogP contribution in [-0.4, -0.2) is 158 Å². The number of likely N-dealkylation sites (tertiary alicyclic amines) is 2. The van der Waals surface area contributed by atoms with Gasteiger partial charge in [-0.1, -0.05) is 18.2 Å². The molecule has 18 heteroatoms. The number of hydrogen-bond acceptors (Lipinski definition) is 13. The summed E-state index contributed by atoms with van der Waals surface area (Å²) >= 11 is 0. The Bertz CT molecular complexity index is 2750. The molecule has 0 saturated carbocycles. The van der Waals surface area contributed by atoms with Gasteiger partial charge in [0.2, 0.25) is 11.8 Å². The number of carbonyl (C=O) groups is 5. The standard InChI is InChI=1S/C51H58N12O6/c52-46-44-45(34-6-9-39(10-7-34)69-38-4-2-1-3-5-38)56-63(47(44)54-32-53-46)36-18-22-58(23-19-36)35-16-24-60(25-17-35)51(68)61-28-26-57(27-29-61)31-33-14-20-59(21-15-33)37-8-11-40-41(30-37)50(67)62(49(40)66)42-12-13-43(64)55-48(42)65/h1-11,30,32-33,35-36,42H,12-29,31H2,(H2,52,53,54)(H,55,64,65). The van der Waals surface area contributed by atoms with Gasteiger partial charge in [-0.3, -0.25) is 34.3 Å². The smallest absolute Gasteiger partial charge is 0.320 e. The van der Waals surface area contributed by atoms with E-state index in [2.05, 4.69) is 39.6 Å². The van der Waals surface area contributed by atoms with E-state index >= 15 is 0 Å². The molecule has 1 unspecified atom stereocenters. The molecule has 0 spiro atoms. The maximum absolute atomic E-state index is 13.8. The summed E-state index contributed by atoms with van der Waals surface area (Å²) in [6.45, 7) is 9.32. The monoisotopic (exact) mass is 934 g/mol. The summed E-state index contributed by atoms with van der Waals surface area (Å²) in [6.07, 6.45) is 7.59. The fourth-order valence-corrected chi connectivity index (χ4v) is 11.4. The zero-order chi connectivity index (χ0) is 47.2. The van der Waals surface area contributed by atoms with Gasteiger partial charge in [0, 0.05) is 95.7 Å². The Morgan fingerprint density at radius 2 is 1.38 bits per heavy atom. The van der Waals surface area contributed by atoms with Crippen LogP contribution in [0.1, 0.15) is 78.1 Å². The molecule has 0 bridgehead atoms. The zero-order valence-electron chi connectivity index (χ0n) is 38.7. The third-order valence-electron chi connectivity index (χ3n) is 15.3. The number of benzene rings is 3. The number of fused-ring (bicyclic) bond motifs is 2. The number of hydrogen-bond donors (Lipinski definition) is 2. The fraction of sp³-hybridized carbons (Fsp3) is 0.451. The summed E-state index contributed by atoms with van der Waals surface area (Å²) in [6, 6.07) is 22.8. The number of carbonyl (C=O) groups excluding carboxylic acids is 5. The van der Waals surface area contributed by atoms with Crippen LogP contribution in [0.2, 0.25) is 0 Å². The molecular formula is C51H58N12O6. The van der Waals surface area contributed by atoms with Crippen LogP contribution in [-0.2, 0) is 9.59 Å². The number of aromatic nitrogens is 4. The highest BCUT2D eigenvalue weighted by molar-refractivity contribution is 6.23. The summed E-state index contributed by atoms with van der Waals surface area (Å²) in [5.74, 6) is 0.496. The van der Waals surface area contributed by atoms with Gasteiger partial charge in [-0.25, -0.2) is 19.4 Å². The Labute approximate surface area is 400 Å². The number of nitrogens with zero attached hydrogens (tertiary/aromatic N) is 10. The second-order valence-electron chi connectivity index (χ2n) is 19.4. The number of nitrogens with two attached hydrogens (primary N) is 1. The highest BCUT2D eigenvalue weighted by Gasteiger charge is 2.45. The second-order valence-corrected chi connectivity index (χ2v) is 19.4. The molecule has 6 amide bonds. The molecule has 0 radical (unpaired) electrons. The number of anilines is 2. The van der Waals surface area contributed by atoms with Crippen molar-refractivity contribution in [1.29, 1.82) is 0 Å². The van der Waals surface area contributed by atoms with E-state index in [0.717, 1.165) is 155 Å². The molecule has 358 valence electrons. The molecule has 0 aliphatic carbocycles. The summed E-state index contributed by atoms with van der Waals surface area (Å²) in [4.78, 5) is 86.0. The molecule has 1 atom stereocenters. The molecule has 5 fully saturated rings. The van der Waals surface area contributed by atoms with Crippen molar-refractivity contribution >= 4 is 52.2 Å². The van der Waals surface area contributed by atoms with Crippen LogP contribution in [0.3, 0.4) is 0 Å². The van der Waals surface area contributed by atoms with E-state index in [9.17, 15) is 24.0 Å². The minimum atomic E-state index is -0.975. The number of imide groups is 2. The van der Waals surface area contributed by atoms with Gasteiger partial charge < -0.3 is 30.1 Å². The lowest BCUT2D eigenvalue weighted by molar-refractivity contribution is -0.136. The van der Waals surface area contributed by atoms with Gasteiger partial charge in [0.15, 0.2) is 5.65 Å². The van der Waals surface area contributed by atoms with Crippen LogP contribution in [0, 0.1) is 5.92 Å². The van der Waals surface area contributed by atoms with E-state index < -0.39 is 29.7 Å². The number of ether oxygens (including phenoxy) is 1. The maximum Gasteiger partial charge on any atom is 0.320 e. The van der Waals surface area contributed by atoms with Crippen LogP contribution in [0.5, 0.6) is 11.5 Å². The van der Waals surface area contributed by atoms with Crippen molar-refractivity contribution in [2.45, 2.75) is 69.5 Å². The van der Waals surface area contributed by atoms with E-state index in [1.54, 1.807) is 12.1 Å². The SMILES string of the molecule is Nc1ncnc2c1c(-c1ccc(Oc3ccccc3)cc1)nn2C1CCN(C2CCN(C(=O)N3CCN(CC4CCN(c5ccc6c(c5)C(=O)N(C5CCC(=O)NC5=O)C6=O)CC4)CC3)CC2)CC1. The minimum absolute atomic E-state index is 0.0912. The first-order valence-electron chi connectivity index (χ1n) is 24.6. The van der Waals surface area contributed by atoms with Crippen LogP contribution in [0.15, 0.2) is 79.1 Å². The predicted molar refractivity (Wildman–Crippen MR) is 258 cm³/mol. The lowest BCUT2D eigenvalue weighted by Crippen LogP contribution is -2.56. The van der Waals surface area contributed by atoms with Gasteiger partial charge in [0.05, 0.1) is 22.6 Å².